The van der Waals surface area contributed by atoms with Gasteiger partial charge in [0, 0.05) is 16.8 Å². The Morgan fingerprint density at radius 2 is 1.72 bits per heavy atom. The first-order chi connectivity index (χ1) is 8.49. The summed E-state index contributed by atoms with van der Waals surface area (Å²) < 4.78 is 0. The molecule has 0 radical (unpaired) electrons. The predicted molar refractivity (Wildman–Crippen MR) is 73.9 cm³/mol. The number of carbonyl (C=O) groups excluding carboxylic acids is 1. The van der Waals surface area contributed by atoms with Crippen LogP contribution in [0.1, 0.15) is 34.1 Å². The van der Waals surface area contributed by atoms with Gasteiger partial charge in [0.05, 0.1) is 5.69 Å². The SMILES string of the molecule is CC(=O)c1ccc(-c2ccc(C)c(C)c2)nc1C. The van der Waals surface area contributed by atoms with Crippen molar-refractivity contribution >= 4 is 5.78 Å². The summed E-state index contributed by atoms with van der Waals surface area (Å²) in [5.41, 5.74) is 6.02. The molecule has 0 amide bonds. The van der Waals surface area contributed by atoms with E-state index in [4.69, 9.17) is 0 Å². The van der Waals surface area contributed by atoms with Gasteiger partial charge in [-0.05, 0) is 57.0 Å². The summed E-state index contributed by atoms with van der Waals surface area (Å²) in [5.74, 6) is 0.0617. The quantitative estimate of drug-likeness (QED) is 0.744. The Hall–Kier alpha value is -1.96. The number of aryl methyl sites for hydroxylation is 3. The molecular formula is C16H17NO. The molecule has 1 heterocycles. The highest BCUT2D eigenvalue weighted by molar-refractivity contribution is 5.95. The smallest absolute Gasteiger partial charge is 0.161 e. The minimum Gasteiger partial charge on any atom is -0.294 e. The van der Waals surface area contributed by atoms with Gasteiger partial charge in [0.1, 0.15) is 0 Å². The molecule has 0 aliphatic heterocycles. The fourth-order valence-corrected chi connectivity index (χ4v) is 1.99. The second kappa shape index (κ2) is 4.73. The average molecular weight is 239 g/mol. The van der Waals surface area contributed by atoms with Gasteiger partial charge in [0.25, 0.3) is 0 Å². The van der Waals surface area contributed by atoms with Gasteiger partial charge in [-0.1, -0.05) is 12.1 Å². The minimum absolute atomic E-state index is 0.0617. The van der Waals surface area contributed by atoms with E-state index in [2.05, 4.69) is 37.0 Å². The van der Waals surface area contributed by atoms with Gasteiger partial charge >= 0.3 is 0 Å². The second-order valence-corrected chi connectivity index (χ2v) is 4.68. The van der Waals surface area contributed by atoms with E-state index < -0.39 is 0 Å². The lowest BCUT2D eigenvalue weighted by atomic mass is 10.0. The highest BCUT2D eigenvalue weighted by Gasteiger charge is 2.07. The van der Waals surface area contributed by atoms with Crippen molar-refractivity contribution in [1.82, 2.24) is 4.98 Å². The summed E-state index contributed by atoms with van der Waals surface area (Å²) in [6.07, 6.45) is 0. The van der Waals surface area contributed by atoms with Crippen molar-refractivity contribution in [1.29, 1.82) is 0 Å². The monoisotopic (exact) mass is 239 g/mol. The van der Waals surface area contributed by atoms with Gasteiger partial charge in [-0.15, -0.1) is 0 Å². The molecule has 0 unspecified atom stereocenters. The highest BCUT2D eigenvalue weighted by atomic mass is 16.1. The first-order valence-electron chi connectivity index (χ1n) is 6.05. The molecule has 0 saturated carbocycles. The van der Waals surface area contributed by atoms with Crippen LogP contribution in [0.2, 0.25) is 0 Å². The molecule has 2 aromatic rings. The fraction of sp³-hybridized carbons (Fsp3) is 0.250. The van der Waals surface area contributed by atoms with E-state index >= 15 is 0 Å². The molecule has 0 aliphatic carbocycles. The molecule has 0 bridgehead atoms. The fourth-order valence-electron chi connectivity index (χ4n) is 1.99. The molecule has 1 aromatic carbocycles. The Kier molecular flexibility index (Phi) is 3.28. The first-order valence-corrected chi connectivity index (χ1v) is 6.05. The van der Waals surface area contributed by atoms with Crippen LogP contribution in [0.25, 0.3) is 11.3 Å². The maximum atomic E-state index is 11.4. The van der Waals surface area contributed by atoms with E-state index in [0.29, 0.717) is 5.56 Å². The van der Waals surface area contributed by atoms with Crippen molar-refractivity contribution in [3.63, 3.8) is 0 Å². The number of aromatic nitrogens is 1. The topological polar surface area (TPSA) is 30.0 Å². The number of carbonyl (C=O) groups is 1. The van der Waals surface area contributed by atoms with E-state index in [0.717, 1.165) is 17.0 Å². The Bertz CT molecular complexity index is 614. The summed E-state index contributed by atoms with van der Waals surface area (Å²) in [5, 5.41) is 0. The van der Waals surface area contributed by atoms with Gasteiger partial charge < -0.3 is 0 Å². The molecule has 0 spiro atoms. The van der Waals surface area contributed by atoms with E-state index in [-0.39, 0.29) is 5.78 Å². The zero-order valence-electron chi connectivity index (χ0n) is 11.2. The summed E-state index contributed by atoms with van der Waals surface area (Å²) in [7, 11) is 0. The first kappa shape index (κ1) is 12.5. The summed E-state index contributed by atoms with van der Waals surface area (Å²) in [6.45, 7) is 7.63. The third-order valence-corrected chi connectivity index (χ3v) is 3.27. The lowest BCUT2D eigenvalue weighted by molar-refractivity contribution is 0.101. The number of rotatable bonds is 2. The standard InChI is InChI=1S/C16H17NO/c1-10-5-6-14(9-11(10)2)16-8-7-15(13(4)18)12(3)17-16/h5-9H,1-4H3. The number of benzene rings is 1. The molecule has 0 atom stereocenters. The largest absolute Gasteiger partial charge is 0.294 e. The van der Waals surface area contributed by atoms with Crippen LogP contribution in [-0.2, 0) is 0 Å². The van der Waals surface area contributed by atoms with Crippen molar-refractivity contribution in [3.05, 3.63) is 52.7 Å². The van der Waals surface area contributed by atoms with Crippen LogP contribution >= 0.6 is 0 Å². The van der Waals surface area contributed by atoms with Crippen molar-refractivity contribution in [3.8, 4) is 11.3 Å². The number of nitrogens with zero attached hydrogens (tertiary/aromatic N) is 1. The molecule has 0 saturated heterocycles. The lowest BCUT2D eigenvalue weighted by Crippen LogP contribution is -1.99. The van der Waals surface area contributed by atoms with Crippen LogP contribution in [0, 0.1) is 20.8 Å². The maximum absolute atomic E-state index is 11.4. The molecule has 2 rings (SSSR count). The molecule has 0 fully saturated rings. The normalized spacial score (nSPS) is 10.4. The predicted octanol–water partition coefficient (Wildman–Crippen LogP) is 3.88. The van der Waals surface area contributed by atoms with E-state index in [1.807, 2.05) is 19.1 Å². The van der Waals surface area contributed by atoms with Crippen LogP contribution in [0.4, 0.5) is 0 Å². The number of Topliss-reactive ketones (excluding diaryl/α,β-unsaturated/α-hetero) is 1. The zero-order chi connectivity index (χ0) is 13.3. The van der Waals surface area contributed by atoms with Crippen LogP contribution in [-0.4, -0.2) is 10.8 Å². The van der Waals surface area contributed by atoms with Gasteiger partial charge in [-0.2, -0.15) is 0 Å². The van der Waals surface area contributed by atoms with E-state index in [1.54, 1.807) is 6.92 Å². The third kappa shape index (κ3) is 2.33. The van der Waals surface area contributed by atoms with Crippen LogP contribution < -0.4 is 0 Å². The Morgan fingerprint density at radius 3 is 2.28 bits per heavy atom. The van der Waals surface area contributed by atoms with Gasteiger partial charge in [0.2, 0.25) is 0 Å². The van der Waals surface area contributed by atoms with Crippen molar-refractivity contribution in [2.24, 2.45) is 0 Å². The van der Waals surface area contributed by atoms with Crippen molar-refractivity contribution in [2.45, 2.75) is 27.7 Å². The number of ketones is 1. The molecular weight excluding hydrogens is 222 g/mol. The maximum Gasteiger partial charge on any atom is 0.161 e. The Morgan fingerprint density at radius 1 is 1.00 bits per heavy atom. The molecule has 0 aliphatic rings. The van der Waals surface area contributed by atoms with Crippen molar-refractivity contribution < 1.29 is 4.79 Å². The lowest BCUT2D eigenvalue weighted by Gasteiger charge is -2.07. The minimum atomic E-state index is 0.0617. The number of pyridine rings is 1. The molecule has 2 heteroatoms. The Labute approximate surface area is 108 Å². The molecule has 0 N–H and O–H groups in total. The zero-order valence-corrected chi connectivity index (χ0v) is 11.2. The number of hydrogen-bond acceptors (Lipinski definition) is 2. The van der Waals surface area contributed by atoms with Crippen LogP contribution in [0.3, 0.4) is 0 Å². The van der Waals surface area contributed by atoms with Gasteiger partial charge in [-0.25, -0.2) is 0 Å². The molecule has 1 aromatic heterocycles. The molecule has 92 valence electrons. The van der Waals surface area contributed by atoms with Crippen LogP contribution in [0.5, 0.6) is 0 Å². The number of hydrogen-bond donors (Lipinski definition) is 0. The van der Waals surface area contributed by atoms with Crippen molar-refractivity contribution in [2.75, 3.05) is 0 Å². The summed E-state index contributed by atoms with van der Waals surface area (Å²) in [4.78, 5) is 15.9. The molecule has 2 nitrogen and oxygen atoms in total. The Balaban J connectivity index is 2.48. The van der Waals surface area contributed by atoms with Crippen LogP contribution in [0.15, 0.2) is 30.3 Å². The third-order valence-electron chi connectivity index (χ3n) is 3.27. The summed E-state index contributed by atoms with van der Waals surface area (Å²) in [6, 6.07) is 10.1. The van der Waals surface area contributed by atoms with E-state index in [1.165, 1.54) is 11.1 Å². The van der Waals surface area contributed by atoms with E-state index in [9.17, 15) is 4.79 Å². The van der Waals surface area contributed by atoms with Gasteiger partial charge in [-0.3, -0.25) is 9.78 Å². The highest BCUT2D eigenvalue weighted by Crippen LogP contribution is 2.21. The second-order valence-electron chi connectivity index (χ2n) is 4.68. The molecule has 18 heavy (non-hydrogen) atoms. The summed E-state index contributed by atoms with van der Waals surface area (Å²) >= 11 is 0. The van der Waals surface area contributed by atoms with Gasteiger partial charge in [0.15, 0.2) is 5.78 Å². The average Bonchev–Trinajstić information content (AvgIpc) is 2.32.